The number of methoxy groups -OCH3 is 1. The molecule has 0 atom stereocenters. The molecular formula is C13H7BF5O. The Bertz CT molecular complexity index is 636. The summed E-state index contributed by atoms with van der Waals surface area (Å²) in [6, 6.07) is 2.78. The van der Waals surface area contributed by atoms with E-state index in [4.69, 9.17) is 0 Å². The number of benzene rings is 2. The summed E-state index contributed by atoms with van der Waals surface area (Å²) in [5.41, 5.74) is -1.41. The first kappa shape index (κ1) is 14.4. The second kappa shape index (κ2) is 5.52. The predicted molar refractivity (Wildman–Crippen MR) is 64.2 cm³/mol. The molecule has 0 aliphatic carbocycles. The van der Waals surface area contributed by atoms with Gasteiger partial charge in [0, 0.05) is 12.1 Å². The van der Waals surface area contributed by atoms with Gasteiger partial charge in [0.15, 0.2) is 11.6 Å². The van der Waals surface area contributed by atoms with Crippen LogP contribution in [0.15, 0.2) is 24.3 Å². The van der Waals surface area contributed by atoms with E-state index in [2.05, 4.69) is 4.74 Å². The van der Waals surface area contributed by atoms with E-state index in [1.807, 2.05) is 0 Å². The molecule has 20 heavy (non-hydrogen) atoms. The van der Waals surface area contributed by atoms with Crippen molar-refractivity contribution < 1.29 is 26.7 Å². The zero-order valence-corrected chi connectivity index (χ0v) is 10.2. The fraction of sp³-hybridized carbons (Fsp3) is 0.0769. The molecule has 0 N–H and O–H groups in total. The minimum absolute atomic E-state index is 0.277. The number of rotatable bonds is 3. The Kier molecular flexibility index (Phi) is 3.97. The Morgan fingerprint density at radius 1 is 0.850 bits per heavy atom. The topological polar surface area (TPSA) is 9.23 Å². The fourth-order valence-corrected chi connectivity index (χ4v) is 1.67. The zero-order valence-electron chi connectivity index (χ0n) is 10.2. The fourth-order valence-electron chi connectivity index (χ4n) is 1.67. The van der Waals surface area contributed by atoms with Crippen LogP contribution >= 0.6 is 0 Å². The summed E-state index contributed by atoms with van der Waals surface area (Å²) >= 11 is 0. The van der Waals surface area contributed by atoms with Gasteiger partial charge in [-0.15, -0.1) is 0 Å². The van der Waals surface area contributed by atoms with Gasteiger partial charge in [0.1, 0.15) is 23.3 Å². The average molecular weight is 285 g/mol. The molecule has 2 aromatic rings. The van der Waals surface area contributed by atoms with Crippen molar-refractivity contribution in [3.63, 3.8) is 0 Å². The van der Waals surface area contributed by atoms with Crippen molar-refractivity contribution in [2.45, 2.75) is 0 Å². The molecule has 0 saturated carbocycles. The first-order valence-corrected chi connectivity index (χ1v) is 5.45. The molecule has 0 aliphatic rings. The van der Waals surface area contributed by atoms with Crippen molar-refractivity contribution in [2.75, 3.05) is 7.11 Å². The maximum Gasteiger partial charge on any atom is 0.207 e. The van der Waals surface area contributed by atoms with Gasteiger partial charge >= 0.3 is 0 Å². The van der Waals surface area contributed by atoms with E-state index < -0.39 is 40.0 Å². The lowest BCUT2D eigenvalue weighted by Crippen LogP contribution is -2.36. The monoisotopic (exact) mass is 285 g/mol. The van der Waals surface area contributed by atoms with Crippen LogP contribution in [0.5, 0.6) is 5.75 Å². The summed E-state index contributed by atoms with van der Waals surface area (Å²) in [7, 11) is 1.79. The zero-order chi connectivity index (χ0) is 14.9. The molecule has 0 amide bonds. The van der Waals surface area contributed by atoms with E-state index in [9.17, 15) is 22.0 Å². The highest BCUT2D eigenvalue weighted by molar-refractivity contribution is 6.67. The van der Waals surface area contributed by atoms with E-state index >= 15 is 0 Å². The molecule has 0 saturated heterocycles. The first-order valence-electron chi connectivity index (χ1n) is 5.45. The molecule has 0 aliphatic heterocycles. The van der Waals surface area contributed by atoms with E-state index in [-0.39, 0.29) is 5.75 Å². The van der Waals surface area contributed by atoms with Gasteiger partial charge in [-0.05, 0) is 23.1 Å². The molecular weight excluding hydrogens is 278 g/mol. The maximum absolute atomic E-state index is 13.8. The van der Waals surface area contributed by atoms with Gasteiger partial charge in [0.2, 0.25) is 7.28 Å². The second-order valence-electron chi connectivity index (χ2n) is 3.90. The molecule has 2 aromatic carbocycles. The van der Waals surface area contributed by atoms with Crippen LogP contribution in [0.3, 0.4) is 0 Å². The molecule has 2 rings (SSSR count). The predicted octanol–water partition coefficient (Wildman–Crippen LogP) is 2.05. The quantitative estimate of drug-likeness (QED) is 0.619. The molecule has 0 fully saturated rings. The van der Waals surface area contributed by atoms with E-state index in [0.717, 1.165) is 12.1 Å². The summed E-state index contributed by atoms with van der Waals surface area (Å²) in [6.07, 6.45) is 0. The lowest BCUT2D eigenvalue weighted by molar-refractivity contribution is 0.386. The van der Waals surface area contributed by atoms with Crippen molar-refractivity contribution in [1.82, 2.24) is 0 Å². The van der Waals surface area contributed by atoms with E-state index in [1.165, 1.54) is 7.11 Å². The van der Waals surface area contributed by atoms with Crippen LogP contribution in [-0.2, 0) is 0 Å². The highest BCUT2D eigenvalue weighted by Gasteiger charge is 2.20. The largest absolute Gasteiger partial charge is 0.494 e. The van der Waals surface area contributed by atoms with Crippen molar-refractivity contribution in [3.05, 3.63) is 53.4 Å². The Hall–Kier alpha value is -2.05. The molecule has 0 heterocycles. The Labute approximate surface area is 112 Å². The van der Waals surface area contributed by atoms with Gasteiger partial charge < -0.3 is 4.74 Å². The Morgan fingerprint density at radius 3 is 2.00 bits per heavy atom. The molecule has 7 heteroatoms. The van der Waals surface area contributed by atoms with Crippen LogP contribution < -0.4 is 15.7 Å². The summed E-state index contributed by atoms with van der Waals surface area (Å²) in [4.78, 5) is 0. The second-order valence-corrected chi connectivity index (χ2v) is 3.90. The SMILES string of the molecule is COc1ccc(F)c([B]c2c(F)cc(F)cc2F)c1F. The minimum atomic E-state index is -1.26. The number of hydrogen-bond donors (Lipinski definition) is 0. The summed E-state index contributed by atoms with van der Waals surface area (Å²) in [5, 5.41) is 0. The molecule has 1 radical (unpaired) electrons. The molecule has 1 nitrogen and oxygen atoms in total. The van der Waals surface area contributed by atoms with Gasteiger partial charge in [0.25, 0.3) is 0 Å². The van der Waals surface area contributed by atoms with Crippen LogP contribution in [0, 0.1) is 29.1 Å². The minimum Gasteiger partial charge on any atom is -0.494 e. The number of ether oxygens (including phenoxy) is 1. The highest BCUT2D eigenvalue weighted by atomic mass is 19.2. The van der Waals surface area contributed by atoms with Gasteiger partial charge in [0.05, 0.1) is 7.11 Å². The van der Waals surface area contributed by atoms with Crippen molar-refractivity contribution >= 4 is 18.2 Å². The lowest BCUT2D eigenvalue weighted by Gasteiger charge is -2.09. The maximum atomic E-state index is 13.8. The van der Waals surface area contributed by atoms with Crippen LogP contribution in [-0.4, -0.2) is 14.4 Å². The molecule has 0 bridgehead atoms. The van der Waals surface area contributed by atoms with Crippen LogP contribution in [0.2, 0.25) is 0 Å². The van der Waals surface area contributed by atoms with E-state index in [1.54, 1.807) is 0 Å². The lowest BCUT2D eigenvalue weighted by atomic mass is 9.63. The summed E-state index contributed by atoms with van der Waals surface area (Å²) in [6.45, 7) is 0. The Balaban J connectivity index is 2.50. The van der Waals surface area contributed by atoms with Crippen molar-refractivity contribution in [3.8, 4) is 5.75 Å². The summed E-state index contributed by atoms with van der Waals surface area (Å²) < 4.78 is 71.7. The van der Waals surface area contributed by atoms with Crippen molar-refractivity contribution in [2.24, 2.45) is 0 Å². The van der Waals surface area contributed by atoms with Gasteiger partial charge in [-0.25, -0.2) is 22.0 Å². The van der Waals surface area contributed by atoms with Crippen LogP contribution in [0.1, 0.15) is 0 Å². The van der Waals surface area contributed by atoms with Crippen molar-refractivity contribution in [1.29, 1.82) is 0 Å². The number of hydrogen-bond acceptors (Lipinski definition) is 1. The third-order valence-corrected chi connectivity index (χ3v) is 2.64. The normalized spacial score (nSPS) is 10.5. The van der Waals surface area contributed by atoms with Gasteiger partial charge in [-0.3, -0.25) is 0 Å². The first-order chi connectivity index (χ1) is 9.43. The Morgan fingerprint density at radius 2 is 1.45 bits per heavy atom. The van der Waals surface area contributed by atoms with Crippen LogP contribution in [0.25, 0.3) is 0 Å². The number of halogens is 5. The molecule has 0 aromatic heterocycles. The molecule has 103 valence electrons. The van der Waals surface area contributed by atoms with Gasteiger partial charge in [-0.1, -0.05) is 0 Å². The highest BCUT2D eigenvalue weighted by Crippen LogP contribution is 2.15. The standard InChI is InChI=1S/C13H7BF5O/c1-20-10-3-2-7(16)12(13(10)19)14-11-8(17)4-6(15)5-9(11)18/h2-5H,1H3. The molecule has 0 unspecified atom stereocenters. The third-order valence-electron chi connectivity index (χ3n) is 2.64. The average Bonchev–Trinajstić information content (AvgIpc) is 2.37. The van der Waals surface area contributed by atoms with E-state index in [0.29, 0.717) is 19.4 Å². The third kappa shape index (κ3) is 2.61. The van der Waals surface area contributed by atoms with Crippen LogP contribution in [0.4, 0.5) is 22.0 Å². The summed E-state index contributed by atoms with van der Waals surface area (Å²) in [5.74, 6) is -6.04. The molecule has 0 spiro atoms. The van der Waals surface area contributed by atoms with Gasteiger partial charge in [-0.2, -0.15) is 0 Å². The smallest absolute Gasteiger partial charge is 0.207 e.